The molecule has 37 heavy (non-hydrogen) atoms. The molecule has 0 unspecified atom stereocenters. The maximum atomic E-state index is 13.6. The molecule has 1 saturated heterocycles. The van der Waals surface area contributed by atoms with Crippen LogP contribution in [0.4, 0.5) is 15.9 Å². The lowest BCUT2D eigenvalue weighted by molar-refractivity contribution is 0.138. The van der Waals surface area contributed by atoms with Crippen molar-refractivity contribution in [3.8, 4) is 6.07 Å². The van der Waals surface area contributed by atoms with Gasteiger partial charge < -0.3 is 5.32 Å². The number of piperazine rings is 1. The molecule has 6 rings (SSSR count). The molecule has 1 fully saturated rings. The van der Waals surface area contributed by atoms with E-state index in [0.717, 1.165) is 71.8 Å². The third-order valence-electron chi connectivity index (χ3n) is 6.82. The normalized spacial score (nSPS) is 14.8. The number of nitriles is 1. The van der Waals surface area contributed by atoms with Crippen LogP contribution < -0.4 is 5.32 Å². The van der Waals surface area contributed by atoms with E-state index in [9.17, 15) is 4.39 Å². The van der Waals surface area contributed by atoms with Crippen LogP contribution in [0, 0.1) is 17.1 Å². The van der Waals surface area contributed by atoms with Gasteiger partial charge in [-0.25, -0.2) is 13.9 Å². The molecular formula is C27H26FN9. The van der Waals surface area contributed by atoms with Gasteiger partial charge in [0.1, 0.15) is 17.7 Å². The van der Waals surface area contributed by atoms with Gasteiger partial charge in [0.15, 0.2) is 5.82 Å². The van der Waals surface area contributed by atoms with Gasteiger partial charge in [0.25, 0.3) is 0 Å². The Labute approximate surface area is 213 Å². The minimum atomic E-state index is -0.248. The average Bonchev–Trinajstić information content (AvgIpc) is 3.50. The Morgan fingerprint density at radius 3 is 2.68 bits per heavy atom. The zero-order valence-electron chi connectivity index (χ0n) is 20.3. The standard InChI is InChI=1S/C27H26FN9/c28-23-3-1-2-20(14-23)17-37-25-5-4-24(15-22(25)16-31-37)33-27-26-21(6-8-36(26)32-19-30-27)18-35-12-10-34(9-7-29)11-13-35/h1-6,8,14-16,19H,9-13,17-18H2,(H,30,32,33). The molecule has 3 aromatic heterocycles. The molecule has 9 nitrogen and oxygen atoms in total. The maximum absolute atomic E-state index is 13.6. The number of benzene rings is 2. The molecule has 0 saturated carbocycles. The third-order valence-corrected chi connectivity index (χ3v) is 6.82. The van der Waals surface area contributed by atoms with Gasteiger partial charge in [-0.05, 0) is 47.5 Å². The van der Waals surface area contributed by atoms with Crippen LogP contribution in [-0.4, -0.2) is 66.9 Å². The predicted molar refractivity (Wildman–Crippen MR) is 139 cm³/mol. The third kappa shape index (κ3) is 4.87. The number of anilines is 2. The lowest BCUT2D eigenvalue weighted by Gasteiger charge is -2.33. The Bertz CT molecular complexity index is 1590. The monoisotopic (exact) mass is 495 g/mol. The number of hydrogen-bond donors (Lipinski definition) is 1. The minimum absolute atomic E-state index is 0.248. The SMILES string of the molecule is N#CCN1CCN(Cc2ccn3ncnc(Nc4ccc5c(cnn5Cc5cccc(F)c5)c4)c23)CC1. The summed E-state index contributed by atoms with van der Waals surface area (Å²) in [6.07, 6.45) is 5.34. The highest BCUT2D eigenvalue weighted by molar-refractivity contribution is 5.85. The summed E-state index contributed by atoms with van der Waals surface area (Å²) in [5, 5.41) is 22.3. The van der Waals surface area contributed by atoms with Crippen LogP contribution in [0.15, 0.2) is 67.3 Å². The lowest BCUT2D eigenvalue weighted by Crippen LogP contribution is -2.45. The van der Waals surface area contributed by atoms with Gasteiger partial charge in [0.05, 0.1) is 30.9 Å². The van der Waals surface area contributed by atoms with Crippen molar-refractivity contribution in [2.45, 2.75) is 13.1 Å². The first kappa shape index (κ1) is 23.1. The van der Waals surface area contributed by atoms with Crippen molar-refractivity contribution < 1.29 is 4.39 Å². The van der Waals surface area contributed by atoms with E-state index in [-0.39, 0.29) is 5.82 Å². The molecule has 5 aromatic rings. The molecule has 1 aliphatic rings. The number of nitrogens with zero attached hydrogens (tertiary/aromatic N) is 8. The van der Waals surface area contributed by atoms with Gasteiger partial charge >= 0.3 is 0 Å². The summed E-state index contributed by atoms with van der Waals surface area (Å²) in [5.74, 6) is 0.493. The van der Waals surface area contributed by atoms with Gasteiger partial charge in [-0.15, -0.1) is 0 Å². The van der Waals surface area contributed by atoms with Crippen LogP contribution in [0.5, 0.6) is 0 Å². The molecule has 10 heteroatoms. The van der Waals surface area contributed by atoms with Crippen LogP contribution in [-0.2, 0) is 13.1 Å². The minimum Gasteiger partial charge on any atom is -0.338 e. The Balaban J connectivity index is 1.22. The smallest absolute Gasteiger partial charge is 0.158 e. The van der Waals surface area contributed by atoms with Crippen molar-refractivity contribution in [3.05, 3.63) is 84.2 Å². The first-order valence-electron chi connectivity index (χ1n) is 12.3. The topological polar surface area (TPSA) is 90.3 Å². The number of fused-ring (bicyclic) bond motifs is 2. The van der Waals surface area contributed by atoms with E-state index < -0.39 is 0 Å². The van der Waals surface area contributed by atoms with Crippen molar-refractivity contribution in [3.63, 3.8) is 0 Å². The van der Waals surface area contributed by atoms with Gasteiger partial charge in [-0.3, -0.25) is 14.5 Å². The summed E-state index contributed by atoms with van der Waals surface area (Å²) in [4.78, 5) is 9.13. The van der Waals surface area contributed by atoms with E-state index in [4.69, 9.17) is 5.26 Å². The molecule has 0 radical (unpaired) electrons. The second kappa shape index (κ2) is 9.97. The van der Waals surface area contributed by atoms with Crippen LogP contribution >= 0.6 is 0 Å². The van der Waals surface area contributed by atoms with Gasteiger partial charge in [0, 0.05) is 50.0 Å². The average molecular weight is 496 g/mol. The Hall–Kier alpha value is -4.33. The molecule has 4 heterocycles. The summed E-state index contributed by atoms with van der Waals surface area (Å²) < 4.78 is 17.3. The van der Waals surface area contributed by atoms with E-state index in [1.165, 1.54) is 12.1 Å². The molecule has 0 spiro atoms. The molecule has 1 aliphatic heterocycles. The zero-order valence-corrected chi connectivity index (χ0v) is 20.3. The summed E-state index contributed by atoms with van der Waals surface area (Å²) in [5.41, 5.74) is 4.84. The van der Waals surface area contributed by atoms with E-state index in [2.05, 4.69) is 42.4 Å². The van der Waals surface area contributed by atoms with Crippen LogP contribution in [0.3, 0.4) is 0 Å². The predicted octanol–water partition coefficient (Wildman–Crippen LogP) is 3.65. The van der Waals surface area contributed by atoms with Crippen LogP contribution in [0.25, 0.3) is 16.4 Å². The highest BCUT2D eigenvalue weighted by Crippen LogP contribution is 2.27. The Kier molecular flexibility index (Phi) is 6.22. The van der Waals surface area contributed by atoms with Gasteiger partial charge in [-0.2, -0.15) is 15.5 Å². The maximum Gasteiger partial charge on any atom is 0.158 e. The molecule has 1 N–H and O–H groups in total. The number of halogens is 1. The highest BCUT2D eigenvalue weighted by Gasteiger charge is 2.19. The van der Waals surface area contributed by atoms with Crippen molar-refractivity contribution >= 4 is 27.9 Å². The fourth-order valence-electron chi connectivity index (χ4n) is 4.92. The van der Waals surface area contributed by atoms with Gasteiger partial charge in [-0.1, -0.05) is 12.1 Å². The van der Waals surface area contributed by atoms with Crippen molar-refractivity contribution in [1.82, 2.24) is 34.2 Å². The fourth-order valence-corrected chi connectivity index (χ4v) is 4.92. The van der Waals surface area contributed by atoms with Crippen LogP contribution in [0.1, 0.15) is 11.1 Å². The summed E-state index contributed by atoms with van der Waals surface area (Å²) >= 11 is 0. The van der Waals surface area contributed by atoms with Crippen molar-refractivity contribution in [2.75, 3.05) is 38.0 Å². The van der Waals surface area contributed by atoms with E-state index >= 15 is 0 Å². The van der Waals surface area contributed by atoms with Gasteiger partial charge in [0.2, 0.25) is 0 Å². The fraction of sp³-hybridized carbons (Fsp3) is 0.259. The van der Waals surface area contributed by atoms with E-state index in [0.29, 0.717) is 13.1 Å². The molecule has 0 bridgehead atoms. The highest BCUT2D eigenvalue weighted by atomic mass is 19.1. The largest absolute Gasteiger partial charge is 0.338 e. The number of aromatic nitrogens is 5. The first-order valence-corrected chi connectivity index (χ1v) is 12.3. The molecule has 0 amide bonds. The second-order valence-electron chi connectivity index (χ2n) is 9.28. The summed E-state index contributed by atoms with van der Waals surface area (Å²) in [7, 11) is 0. The second-order valence-corrected chi connectivity index (χ2v) is 9.28. The Morgan fingerprint density at radius 1 is 0.973 bits per heavy atom. The number of rotatable bonds is 7. The molecular weight excluding hydrogens is 469 g/mol. The molecule has 2 aromatic carbocycles. The lowest BCUT2D eigenvalue weighted by atomic mass is 10.2. The van der Waals surface area contributed by atoms with Crippen LogP contribution in [0.2, 0.25) is 0 Å². The van der Waals surface area contributed by atoms with E-state index in [1.807, 2.05) is 45.9 Å². The summed E-state index contributed by atoms with van der Waals surface area (Å²) in [6.45, 7) is 5.42. The van der Waals surface area contributed by atoms with Crippen molar-refractivity contribution in [1.29, 1.82) is 5.26 Å². The number of nitrogens with one attached hydrogen (secondary N) is 1. The quantitative estimate of drug-likeness (QED) is 0.345. The van der Waals surface area contributed by atoms with Crippen molar-refractivity contribution in [2.24, 2.45) is 0 Å². The van der Waals surface area contributed by atoms with E-state index in [1.54, 1.807) is 12.4 Å². The zero-order chi connectivity index (χ0) is 25.2. The first-order chi connectivity index (χ1) is 18.2. The molecule has 0 atom stereocenters. The summed E-state index contributed by atoms with van der Waals surface area (Å²) in [6, 6.07) is 17.0. The molecule has 0 aliphatic carbocycles. The molecule has 186 valence electrons. The Morgan fingerprint density at radius 2 is 1.84 bits per heavy atom. The number of hydrogen-bond acceptors (Lipinski definition) is 7.